The smallest absolute Gasteiger partial charge is 0.278 e. The van der Waals surface area contributed by atoms with E-state index in [9.17, 15) is 0 Å². The van der Waals surface area contributed by atoms with Gasteiger partial charge in [0.1, 0.15) is 11.9 Å². The van der Waals surface area contributed by atoms with Crippen molar-refractivity contribution >= 4 is 6.28 Å². The molecule has 1 aliphatic heterocycles. The highest BCUT2D eigenvalue weighted by Crippen LogP contribution is 2.24. The number of fused-ring (bicyclic) bond motifs is 1. The normalized spacial score (nSPS) is 19.0. The molecule has 2 rings (SSSR count). The maximum absolute atomic E-state index is 2.59. The van der Waals surface area contributed by atoms with E-state index in [2.05, 4.69) is 42.7 Å². The van der Waals surface area contributed by atoms with Gasteiger partial charge in [0.25, 0.3) is 6.28 Å². The summed E-state index contributed by atoms with van der Waals surface area (Å²) in [6.07, 6.45) is 8.70. The maximum atomic E-state index is 2.59. The Morgan fingerprint density at radius 2 is 2.07 bits per heavy atom. The Morgan fingerprint density at radius 3 is 2.79 bits per heavy atom. The molecule has 1 nitrogen and oxygen atoms in total. The fraction of sp³-hybridized carbons (Fsp3) is 0.583. The largest absolute Gasteiger partial charge is 0.424 e. The third-order valence-corrected chi connectivity index (χ3v) is 4.26. The molecule has 0 aliphatic carbocycles. The van der Waals surface area contributed by atoms with Crippen LogP contribution in [0.1, 0.15) is 26.0 Å². The van der Waals surface area contributed by atoms with Crippen LogP contribution >= 0.6 is 0 Å². The number of aromatic nitrogens is 1. The summed E-state index contributed by atoms with van der Waals surface area (Å²) in [7, 11) is 0. The second-order valence-corrected chi connectivity index (χ2v) is 4.72. The van der Waals surface area contributed by atoms with Crippen LogP contribution in [0.15, 0.2) is 24.4 Å². The molecule has 1 aliphatic rings. The molecule has 0 N–H and O–H groups in total. The van der Waals surface area contributed by atoms with Gasteiger partial charge in [0, 0.05) is 12.5 Å². The van der Waals surface area contributed by atoms with Crippen molar-refractivity contribution in [3.05, 3.63) is 30.1 Å². The van der Waals surface area contributed by atoms with Crippen LogP contribution in [-0.4, -0.2) is 6.28 Å². The summed E-state index contributed by atoms with van der Waals surface area (Å²) >= 11 is 0. The average molecular weight is 189 g/mol. The third kappa shape index (κ3) is 1.37. The maximum Gasteiger partial charge on any atom is 0.278 e. The monoisotopic (exact) mass is 189 g/mol. The van der Waals surface area contributed by atoms with Crippen LogP contribution < -0.4 is 4.48 Å². The van der Waals surface area contributed by atoms with Gasteiger partial charge >= 0.3 is 0 Å². The first-order chi connectivity index (χ1) is 6.82. The zero-order valence-corrected chi connectivity index (χ0v) is 9.37. The molecule has 2 heteroatoms. The van der Waals surface area contributed by atoms with Crippen LogP contribution in [0.4, 0.5) is 0 Å². The zero-order valence-electron chi connectivity index (χ0n) is 9.37. The lowest BCUT2D eigenvalue weighted by Crippen LogP contribution is -2.67. The fourth-order valence-electron chi connectivity index (χ4n) is 3.13. The van der Waals surface area contributed by atoms with Crippen molar-refractivity contribution in [3.63, 3.8) is 0 Å². The molecule has 0 radical (unpaired) electrons. The number of hydrogen-bond donors (Lipinski definition) is 0. The summed E-state index contributed by atoms with van der Waals surface area (Å²) < 4.78 is 2.59. The van der Waals surface area contributed by atoms with Gasteiger partial charge in [0.2, 0.25) is 0 Å². The Bertz CT molecular complexity index is 318. The molecule has 0 atom stereocenters. The Balaban J connectivity index is 2.48. The Labute approximate surface area is 87.1 Å². The number of aryl methyl sites for hydroxylation is 1. The molecule has 1 aromatic heterocycles. The highest BCUT2D eigenvalue weighted by atomic mass is 14.9. The van der Waals surface area contributed by atoms with Crippen molar-refractivity contribution < 1.29 is 4.48 Å². The van der Waals surface area contributed by atoms with Gasteiger partial charge in [-0.05, 0) is 6.07 Å². The fourth-order valence-corrected chi connectivity index (χ4v) is 3.13. The van der Waals surface area contributed by atoms with Gasteiger partial charge in [-0.3, -0.25) is 0 Å². The van der Waals surface area contributed by atoms with Gasteiger partial charge in [-0.25, -0.2) is 0 Å². The third-order valence-electron chi connectivity index (χ3n) is 4.26. The minimum Gasteiger partial charge on any atom is -0.424 e. The van der Waals surface area contributed by atoms with E-state index in [1.165, 1.54) is 31.8 Å². The summed E-state index contributed by atoms with van der Waals surface area (Å²) in [4.78, 5) is 0. The van der Waals surface area contributed by atoms with Gasteiger partial charge in [-0.1, -0.05) is 26.3 Å². The lowest BCUT2D eigenvalue weighted by atomic mass is 9.28. The summed E-state index contributed by atoms with van der Waals surface area (Å²) in [6.45, 7) is 4.69. The van der Waals surface area contributed by atoms with E-state index in [1.807, 2.05) is 0 Å². The lowest BCUT2D eigenvalue weighted by molar-refractivity contribution is -0.561. The summed E-state index contributed by atoms with van der Waals surface area (Å²) in [6, 6.07) is 6.64. The van der Waals surface area contributed by atoms with Gasteiger partial charge in [-0.2, -0.15) is 0 Å². The molecule has 1 aromatic rings. The van der Waals surface area contributed by atoms with Crippen LogP contribution in [0.3, 0.4) is 0 Å². The zero-order chi connectivity index (χ0) is 10.0. The minimum absolute atomic E-state index is 0.284. The number of rotatable bonds is 2. The summed E-state index contributed by atoms with van der Waals surface area (Å²) in [5, 5.41) is 0. The van der Waals surface area contributed by atoms with Crippen molar-refractivity contribution in [3.8, 4) is 0 Å². The summed E-state index contributed by atoms with van der Waals surface area (Å²) in [5.41, 5.74) is 1.54. The number of hydrogen-bond acceptors (Lipinski definition) is 0. The highest BCUT2D eigenvalue weighted by molar-refractivity contribution is 6.71. The van der Waals surface area contributed by atoms with E-state index in [-0.39, 0.29) is 6.28 Å². The Morgan fingerprint density at radius 1 is 1.29 bits per heavy atom. The molecule has 0 spiro atoms. The standard InChI is InChI=1S/C12H20BN/c1-3-13(4-2)10-7-9-12-8-5-6-11-14(12)13/h5-6,8,11H,3-4,7,9-10H2,1-2H3. The molecule has 0 amide bonds. The molecule has 0 aromatic carbocycles. The summed E-state index contributed by atoms with van der Waals surface area (Å²) in [5.74, 6) is 0. The molecule has 0 fully saturated rings. The van der Waals surface area contributed by atoms with Gasteiger partial charge < -0.3 is 4.48 Å². The van der Waals surface area contributed by atoms with Gasteiger partial charge in [-0.15, -0.1) is 19.0 Å². The topological polar surface area (TPSA) is 3.88 Å². The first-order valence-corrected chi connectivity index (χ1v) is 6.02. The van der Waals surface area contributed by atoms with Crippen LogP contribution in [0, 0.1) is 0 Å². The predicted molar refractivity (Wildman–Crippen MR) is 61.9 cm³/mol. The van der Waals surface area contributed by atoms with Gasteiger partial charge in [0.05, 0.1) is 0 Å². The van der Waals surface area contributed by atoms with E-state index in [0.29, 0.717) is 0 Å². The second-order valence-electron chi connectivity index (χ2n) is 4.72. The minimum atomic E-state index is -0.284. The highest BCUT2D eigenvalue weighted by Gasteiger charge is 2.36. The Kier molecular flexibility index (Phi) is 2.62. The first-order valence-electron chi connectivity index (χ1n) is 6.02. The van der Waals surface area contributed by atoms with E-state index in [1.54, 1.807) is 5.69 Å². The molecule has 14 heavy (non-hydrogen) atoms. The van der Waals surface area contributed by atoms with Crippen LogP contribution in [0.2, 0.25) is 19.0 Å². The lowest BCUT2D eigenvalue weighted by Gasteiger charge is -2.36. The van der Waals surface area contributed by atoms with Crippen molar-refractivity contribution in [1.29, 1.82) is 0 Å². The SMILES string of the molecule is CC[B-]1(CC)CCCc2cccc[n+]21. The van der Waals surface area contributed by atoms with Crippen LogP contribution in [0.25, 0.3) is 0 Å². The van der Waals surface area contributed by atoms with Gasteiger partial charge in [0.15, 0.2) is 0 Å². The average Bonchev–Trinajstić information content (AvgIpc) is 2.28. The molecule has 0 saturated heterocycles. The van der Waals surface area contributed by atoms with Crippen molar-refractivity contribution in [2.24, 2.45) is 0 Å². The predicted octanol–water partition coefficient (Wildman–Crippen LogP) is 2.75. The van der Waals surface area contributed by atoms with Crippen LogP contribution in [-0.2, 0) is 6.42 Å². The number of pyridine rings is 1. The van der Waals surface area contributed by atoms with E-state index >= 15 is 0 Å². The first kappa shape index (κ1) is 9.76. The van der Waals surface area contributed by atoms with Crippen molar-refractivity contribution in [2.75, 3.05) is 0 Å². The van der Waals surface area contributed by atoms with Crippen molar-refractivity contribution in [2.45, 2.75) is 45.6 Å². The second kappa shape index (κ2) is 3.76. The molecular formula is C12H20BN. The molecule has 0 bridgehead atoms. The van der Waals surface area contributed by atoms with E-state index in [4.69, 9.17) is 0 Å². The number of nitrogens with zero attached hydrogens (tertiary/aromatic N) is 1. The molecule has 2 heterocycles. The van der Waals surface area contributed by atoms with E-state index in [0.717, 1.165) is 0 Å². The molecule has 76 valence electrons. The molecule has 0 unspecified atom stereocenters. The van der Waals surface area contributed by atoms with Crippen LogP contribution in [0.5, 0.6) is 0 Å². The quantitative estimate of drug-likeness (QED) is 0.630. The Hall–Kier alpha value is -0.785. The van der Waals surface area contributed by atoms with Crippen molar-refractivity contribution in [1.82, 2.24) is 0 Å². The molecular weight excluding hydrogens is 169 g/mol. The van der Waals surface area contributed by atoms with E-state index < -0.39 is 0 Å². The molecule has 0 saturated carbocycles.